The molecule has 7 heavy (non-hydrogen) atoms. The largest absolute Gasteiger partial charge is 0.507 e. The normalized spacial score (nSPS) is 11.4. The molecule has 2 nitrogen and oxygen atoms in total. The SMILES string of the molecule is C=C(O)C(C)=NC. The van der Waals surface area contributed by atoms with Crippen molar-refractivity contribution in [2.45, 2.75) is 6.92 Å². The van der Waals surface area contributed by atoms with Gasteiger partial charge in [-0.05, 0) is 6.92 Å². The third-order valence-corrected chi connectivity index (χ3v) is 0.753. The minimum atomic E-state index is 0.0440. The van der Waals surface area contributed by atoms with E-state index in [0.29, 0.717) is 5.71 Å². The van der Waals surface area contributed by atoms with E-state index in [1.807, 2.05) is 0 Å². The molecular weight excluding hydrogens is 90.1 g/mol. The van der Waals surface area contributed by atoms with E-state index in [4.69, 9.17) is 5.11 Å². The maximum atomic E-state index is 8.50. The zero-order valence-corrected chi connectivity index (χ0v) is 4.60. The summed E-state index contributed by atoms with van der Waals surface area (Å²) in [7, 11) is 1.61. The molecule has 0 atom stereocenters. The summed E-state index contributed by atoms with van der Waals surface area (Å²) >= 11 is 0. The highest BCUT2D eigenvalue weighted by atomic mass is 16.3. The van der Waals surface area contributed by atoms with Crippen LogP contribution >= 0.6 is 0 Å². The molecule has 0 amide bonds. The van der Waals surface area contributed by atoms with Crippen molar-refractivity contribution in [2.24, 2.45) is 4.99 Å². The maximum Gasteiger partial charge on any atom is 0.129 e. The number of aliphatic hydroxyl groups excluding tert-OH is 1. The third-order valence-electron chi connectivity index (χ3n) is 0.753. The van der Waals surface area contributed by atoms with E-state index in [2.05, 4.69) is 11.6 Å². The Hall–Kier alpha value is -0.790. The molecule has 0 spiro atoms. The van der Waals surface area contributed by atoms with Crippen LogP contribution in [-0.4, -0.2) is 17.9 Å². The number of allylic oxidation sites excluding steroid dienone is 1. The molecule has 0 aliphatic rings. The fourth-order valence-corrected chi connectivity index (χ4v) is 0.129. The van der Waals surface area contributed by atoms with Crippen LogP contribution in [-0.2, 0) is 0 Å². The molecule has 0 radical (unpaired) electrons. The number of hydrogen-bond acceptors (Lipinski definition) is 2. The van der Waals surface area contributed by atoms with Crippen molar-refractivity contribution >= 4 is 5.71 Å². The monoisotopic (exact) mass is 99.1 g/mol. The molecule has 2 heteroatoms. The third kappa shape index (κ3) is 1.98. The van der Waals surface area contributed by atoms with Crippen LogP contribution in [0.1, 0.15) is 6.92 Å². The minimum absolute atomic E-state index is 0.0440. The lowest BCUT2D eigenvalue weighted by Gasteiger charge is -1.89. The molecule has 0 aromatic heterocycles. The number of hydrogen-bond donors (Lipinski definition) is 1. The number of aliphatic hydroxyl groups is 1. The van der Waals surface area contributed by atoms with Gasteiger partial charge in [0.15, 0.2) is 0 Å². The standard InChI is InChI=1S/C5H9NO/c1-4(6-3)5(2)7/h7H,2H2,1,3H3. The molecule has 40 valence electrons. The average Bonchev–Trinajstić information content (AvgIpc) is 1.65. The quantitative estimate of drug-likeness (QED) is 0.388. The molecule has 0 bridgehead atoms. The molecule has 0 aliphatic heterocycles. The van der Waals surface area contributed by atoms with E-state index < -0.39 is 0 Å². The van der Waals surface area contributed by atoms with Gasteiger partial charge in [0.05, 0.1) is 5.71 Å². The summed E-state index contributed by atoms with van der Waals surface area (Å²) in [6.07, 6.45) is 0. The van der Waals surface area contributed by atoms with E-state index in [9.17, 15) is 0 Å². The van der Waals surface area contributed by atoms with Gasteiger partial charge in [0.25, 0.3) is 0 Å². The van der Waals surface area contributed by atoms with Gasteiger partial charge >= 0.3 is 0 Å². The summed E-state index contributed by atoms with van der Waals surface area (Å²) < 4.78 is 0. The molecule has 0 heterocycles. The highest BCUT2D eigenvalue weighted by Crippen LogP contribution is 1.84. The van der Waals surface area contributed by atoms with Crippen molar-refractivity contribution < 1.29 is 5.11 Å². The highest BCUT2D eigenvalue weighted by molar-refractivity contribution is 5.95. The van der Waals surface area contributed by atoms with E-state index in [-0.39, 0.29) is 5.76 Å². The molecule has 0 aromatic rings. The van der Waals surface area contributed by atoms with Crippen molar-refractivity contribution in [1.82, 2.24) is 0 Å². The Labute approximate surface area is 43.2 Å². The van der Waals surface area contributed by atoms with Crippen molar-refractivity contribution in [2.75, 3.05) is 7.05 Å². The maximum absolute atomic E-state index is 8.50. The predicted octanol–water partition coefficient (Wildman–Crippen LogP) is 1.15. The summed E-state index contributed by atoms with van der Waals surface area (Å²) in [5.74, 6) is 0.0440. The van der Waals surface area contributed by atoms with Crippen LogP contribution in [0.3, 0.4) is 0 Å². The average molecular weight is 99.1 g/mol. The van der Waals surface area contributed by atoms with Crippen LogP contribution in [0.2, 0.25) is 0 Å². The van der Waals surface area contributed by atoms with Gasteiger partial charge < -0.3 is 5.11 Å². The van der Waals surface area contributed by atoms with Gasteiger partial charge in [-0.15, -0.1) is 0 Å². The lowest BCUT2D eigenvalue weighted by Crippen LogP contribution is -1.92. The Morgan fingerprint density at radius 2 is 2.14 bits per heavy atom. The molecule has 0 saturated carbocycles. The van der Waals surface area contributed by atoms with Crippen molar-refractivity contribution in [1.29, 1.82) is 0 Å². The smallest absolute Gasteiger partial charge is 0.129 e. The predicted molar refractivity (Wildman–Crippen MR) is 30.8 cm³/mol. The van der Waals surface area contributed by atoms with Crippen LogP contribution < -0.4 is 0 Å². The van der Waals surface area contributed by atoms with E-state index >= 15 is 0 Å². The van der Waals surface area contributed by atoms with Crippen molar-refractivity contribution in [3.8, 4) is 0 Å². The van der Waals surface area contributed by atoms with E-state index in [1.54, 1.807) is 14.0 Å². The highest BCUT2D eigenvalue weighted by Gasteiger charge is 1.87. The second-order valence-electron chi connectivity index (χ2n) is 1.26. The first-order chi connectivity index (χ1) is 3.18. The van der Waals surface area contributed by atoms with Gasteiger partial charge in [-0.1, -0.05) is 6.58 Å². The Morgan fingerprint density at radius 3 is 2.14 bits per heavy atom. The first-order valence-corrected chi connectivity index (χ1v) is 2.00. The topological polar surface area (TPSA) is 32.6 Å². The van der Waals surface area contributed by atoms with Gasteiger partial charge in [-0.25, -0.2) is 0 Å². The first-order valence-electron chi connectivity index (χ1n) is 2.00. The zero-order valence-electron chi connectivity index (χ0n) is 4.60. The molecule has 0 unspecified atom stereocenters. The number of nitrogens with zero attached hydrogens (tertiary/aromatic N) is 1. The Balaban J connectivity index is 3.82. The van der Waals surface area contributed by atoms with Gasteiger partial charge in [0.2, 0.25) is 0 Å². The first kappa shape index (κ1) is 6.21. The van der Waals surface area contributed by atoms with Crippen molar-refractivity contribution in [3.05, 3.63) is 12.3 Å². The lowest BCUT2D eigenvalue weighted by atomic mass is 10.4. The van der Waals surface area contributed by atoms with Crippen LogP contribution in [0.25, 0.3) is 0 Å². The lowest BCUT2D eigenvalue weighted by molar-refractivity contribution is 0.445. The van der Waals surface area contributed by atoms with Gasteiger partial charge in [0, 0.05) is 7.05 Å². The summed E-state index contributed by atoms with van der Waals surface area (Å²) in [5.41, 5.74) is 0.583. The fourth-order valence-electron chi connectivity index (χ4n) is 0.129. The van der Waals surface area contributed by atoms with Gasteiger partial charge in [-0.3, -0.25) is 4.99 Å². The van der Waals surface area contributed by atoms with Crippen LogP contribution in [0.15, 0.2) is 17.3 Å². The molecule has 0 rings (SSSR count). The Bertz CT molecular complexity index is 105. The second kappa shape index (κ2) is 2.39. The Morgan fingerprint density at radius 1 is 1.71 bits per heavy atom. The number of aliphatic imine (C=N–C) groups is 1. The van der Waals surface area contributed by atoms with Crippen LogP contribution in [0.4, 0.5) is 0 Å². The molecular formula is C5H9NO. The van der Waals surface area contributed by atoms with Crippen molar-refractivity contribution in [3.63, 3.8) is 0 Å². The summed E-state index contributed by atoms with van der Waals surface area (Å²) in [6.45, 7) is 4.95. The summed E-state index contributed by atoms with van der Waals surface area (Å²) in [4.78, 5) is 3.66. The van der Waals surface area contributed by atoms with E-state index in [0.717, 1.165) is 0 Å². The Kier molecular flexibility index (Phi) is 2.12. The fraction of sp³-hybridized carbons (Fsp3) is 0.400. The molecule has 1 N–H and O–H groups in total. The molecule has 0 saturated heterocycles. The summed E-state index contributed by atoms with van der Waals surface area (Å²) in [6, 6.07) is 0. The molecule has 0 aliphatic carbocycles. The minimum Gasteiger partial charge on any atom is -0.507 e. The van der Waals surface area contributed by atoms with Gasteiger partial charge in [0.1, 0.15) is 5.76 Å². The van der Waals surface area contributed by atoms with E-state index in [1.165, 1.54) is 0 Å². The van der Waals surface area contributed by atoms with Gasteiger partial charge in [-0.2, -0.15) is 0 Å². The molecule has 0 aromatic carbocycles. The van der Waals surface area contributed by atoms with Crippen LogP contribution in [0, 0.1) is 0 Å². The molecule has 0 fully saturated rings. The second-order valence-corrected chi connectivity index (χ2v) is 1.26. The number of rotatable bonds is 1. The summed E-state index contributed by atoms with van der Waals surface area (Å²) in [5, 5.41) is 8.50. The van der Waals surface area contributed by atoms with Crippen LogP contribution in [0.5, 0.6) is 0 Å². The zero-order chi connectivity index (χ0) is 5.86.